The van der Waals surface area contributed by atoms with Gasteiger partial charge in [-0.3, -0.25) is 4.79 Å². The fourth-order valence-corrected chi connectivity index (χ4v) is 8.22. The molecule has 0 saturated heterocycles. The van der Waals surface area contributed by atoms with E-state index in [4.69, 9.17) is 0 Å². The maximum absolute atomic E-state index is 13.2. The summed E-state index contributed by atoms with van der Waals surface area (Å²) in [4.78, 5) is 13.1. The molecular weight excluding hydrogens is 420 g/mol. The summed E-state index contributed by atoms with van der Waals surface area (Å²) < 4.78 is 29.5. The van der Waals surface area contributed by atoms with Gasteiger partial charge in [0.1, 0.15) is 0 Å². The number of hydrogen-bond acceptors (Lipinski definition) is 3. The SMILES string of the molecule is CC[C@H](C(=O)Nc1ccc(S(=O)(=O)NC23CC4CC(CC(C4)C2)C3)cc1)c1ccccc1. The van der Waals surface area contributed by atoms with Gasteiger partial charge in [-0.1, -0.05) is 37.3 Å². The predicted molar refractivity (Wildman–Crippen MR) is 126 cm³/mol. The Morgan fingerprint density at radius 2 is 1.50 bits per heavy atom. The molecule has 1 amide bonds. The van der Waals surface area contributed by atoms with Crippen LogP contribution in [0.2, 0.25) is 0 Å². The summed E-state index contributed by atoms with van der Waals surface area (Å²) in [6.45, 7) is 1.99. The highest BCUT2D eigenvalue weighted by Gasteiger charge is 2.52. The topological polar surface area (TPSA) is 75.3 Å². The van der Waals surface area contributed by atoms with E-state index in [1.165, 1.54) is 19.3 Å². The molecule has 4 aliphatic rings. The van der Waals surface area contributed by atoms with Crippen molar-refractivity contribution in [3.05, 3.63) is 60.2 Å². The lowest BCUT2D eigenvalue weighted by Crippen LogP contribution is -2.59. The zero-order valence-electron chi connectivity index (χ0n) is 18.6. The van der Waals surface area contributed by atoms with E-state index in [1.54, 1.807) is 24.3 Å². The summed E-state index contributed by atoms with van der Waals surface area (Å²) in [6.07, 6.45) is 7.45. The summed E-state index contributed by atoms with van der Waals surface area (Å²) in [5.74, 6) is 1.71. The third-order valence-electron chi connectivity index (χ3n) is 7.75. The minimum Gasteiger partial charge on any atom is -0.326 e. The molecule has 2 N–H and O–H groups in total. The molecule has 0 aromatic heterocycles. The van der Waals surface area contributed by atoms with Crippen LogP contribution in [0, 0.1) is 17.8 Å². The molecule has 1 atom stereocenters. The Labute approximate surface area is 191 Å². The van der Waals surface area contributed by atoms with Gasteiger partial charge in [-0.05, 0) is 92.5 Å². The standard InChI is InChI=1S/C26H32N2O3S/c1-2-24(21-6-4-3-5-7-21)25(29)27-22-8-10-23(11-9-22)32(30,31)28-26-15-18-12-19(16-26)14-20(13-18)17-26/h3-11,18-20,24,28H,2,12-17H2,1H3,(H,27,29)/t18?,19?,20?,24-,26?/m0/s1. The second-order valence-electron chi connectivity index (χ2n) is 10.2. The Kier molecular flexibility index (Phi) is 5.62. The van der Waals surface area contributed by atoms with Crippen LogP contribution < -0.4 is 10.0 Å². The van der Waals surface area contributed by atoms with Gasteiger partial charge in [-0.2, -0.15) is 0 Å². The third-order valence-corrected chi connectivity index (χ3v) is 9.34. The molecule has 0 unspecified atom stereocenters. The van der Waals surface area contributed by atoms with Crippen molar-refractivity contribution in [1.82, 2.24) is 4.72 Å². The first-order valence-electron chi connectivity index (χ1n) is 11.9. The molecule has 5 nitrogen and oxygen atoms in total. The summed E-state index contributed by atoms with van der Waals surface area (Å²) >= 11 is 0. The van der Waals surface area contributed by atoms with Crippen molar-refractivity contribution >= 4 is 21.6 Å². The first kappa shape index (κ1) is 21.7. The molecule has 170 valence electrons. The number of amides is 1. The average Bonchev–Trinajstić information content (AvgIpc) is 2.74. The largest absolute Gasteiger partial charge is 0.326 e. The molecule has 2 aromatic rings. The van der Waals surface area contributed by atoms with E-state index in [-0.39, 0.29) is 22.3 Å². The highest BCUT2D eigenvalue weighted by atomic mass is 32.2. The van der Waals surface area contributed by atoms with Crippen molar-refractivity contribution < 1.29 is 13.2 Å². The molecule has 4 fully saturated rings. The number of sulfonamides is 1. The smallest absolute Gasteiger partial charge is 0.241 e. The summed E-state index contributed by atoms with van der Waals surface area (Å²) in [6, 6.07) is 16.3. The van der Waals surface area contributed by atoms with Gasteiger partial charge in [0.2, 0.25) is 15.9 Å². The van der Waals surface area contributed by atoms with Crippen LogP contribution in [-0.2, 0) is 14.8 Å². The van der Waals surface area contributed by atoms with E-state index in [1.807, 2.05) is 37.3 Å². The maximum Gasteiger partial charge on any atom is 0.241 e. The summed E-state index contributed by atoms with van der Waals surface area (Å²) in [7, 11) is -3.59. The molecule has 0 radical (unpaired) electrons. The lowest BCUT2D eigenvalue weighted by atomic mass is 9.53. The molecule has 6 rings (SSSR count). The van der Waals surface area contributed by atoms with Crippen molar-refractivity contribution in [3.63, 3.8) is 0 Å². The van der Waals surface area contributed by atoms with Crippen molar-refractivity contribution in [2.45, 2.75) is 68.2 Å². The van der Waals surface area contributed by atoms with Gasteiger partial charge in [0, 0.05) is 11.2 Å². The highest BCUT2D eigenvalue weighted by Crippen LogP contribution is 2.56. The molecule has 4 bridgehead atoms. The van der Waals surface area contributed by atoms with Gasteiger partial charge >= 0.3 is 0 Å². The first-order valence-corrected chi connectivity index (χ1v) is 13.3. The van der Waals surface area contributed by atoms with Crippen LogP contribution in [0.5, 0.6) is 0 Å². The molecular formula is C26H32N2O3S. The fraction of sp³-hybridized carbons (Fsp3) is 0.500. The Balaban J connectivity index is 1.27. The fourth-order valence-electron chi connectivity index (χ4n) is 6.78. The predicted octanol–water partition coefficient (Wildman–Crippen LogP) is 5.07. The number of carbonyl (C=O) groups excluding carboxylic acids is 1. The van der Waals surface area contributed by atoms with Crippen LogP contribution in [0.4, 0.5) is 5.69 Å². The van der Waals surface area contributed by atoms with Crippen molar-refractivity contribution in [3.8, 4) is 0 Å². The molecule has 6 heteroatoms. The van der Waals surface area contributed by atoms with Crippen LogP contribution in [0.1, 0.15) is 63.4 Å². The Hall–Kier alpha value is -2.18. The molecule has 0 heterocycles. The second-order valence-corrected chi connectivity index (χ2v) is 11.9. The Morgan fingerprint density at radius 1 is 0.938 bits per heavy atom. The number of anilines is 1. The quantitative estimate of drug-likeness (QED) is 0.616. The van der Waals surface area contributed by atoms with Crippen LogP contribution in [0.15, 0.2) is 59.5 Å². The number of hydrogen-bond donors (Lipinski definition) is 2. The Morgan fingerprint density at radius 3 is 2.03 bits per heavy atom. The van der Waals surface area contributed by atoms with Crippen LogP contribution in [0.25, 0.3) is 0 Å². The van der Waals surface area contributed by atoms with E-state index in [9.17, 15) is 13.2 Å². The first-order chi connectivity index (χ1) is 15.4. The molecule has 4 saturated carbocycles. The minimum absolute atomic E-state index is 0.0824. The molecule has 2 aromatic carbocycles. The average molecular weight is 453 g/mol. The van der Waals surface area contributed by atoms with Gasteiger partial charge in [-0.15, -0.1) is 0 Å². The van der Waals surface area contributed by atoms with Crippen molar-refractivity contribution in [2.75, 3.05) is 5.32 Å². The van der Waals surface area contributed by atoms with E-state index in [2.05, 4.69) is 10.0 Å². The normalized spacial score (nSPS) is 29.6. The molecule has 0 aliphatic heterocycles. The van der Waals surface area contributed by atoms with E-state index >= 15 is 0 Å². The van der Waals surface area contributed by atoms with Gasteiger partial charge in [0.05, 0.1) is 10.8 Å². The number of nitrogens with one attached hydrogen (secondary N) is 2. The zero-order valence-corrected chi connectivity index (χ0v) is 19.4. The summed E-state index contributed by atoms with van der Waals surface area (Å²) in [5, 5.41) is 2.94. The zero-order chi connectivity index (χ0) is 22.3. The molecule has 32 heavy (non-hydrogen) atoms. The lowest BCUT2D eigenvalue weighted by Gasteiger charge is -2.56. The number of benzene rings is 2. The summed E-state index contributed by atoms with van der Waals surface area (Å²) in [5.41, 5.74) is 1.33. The van der Waals surface area contributed by atoms with Crippen molar-refractivity contribution in [2.24, 2.45) is 17.8 Å². The van der Waals surface area contributed by atoms with E-state index in [0.717, 1.165) is 24.8 Å². The highest BCUT2D eigenvalue weighted by molar-refractivity contribution is 7.89. The van der Waals surface area contributed by atoms with Gasteiger partial charge in [0.25, 0.3) is 0 Å². The third kappa shape index (κ3) is 4.23. The molecule has 4 aliphatic carbocycles. The number of carbonyl (C=O) groups is 1. The van der Waals surface area contributed by atoms with Gasteiger partial charge in [-0.25, -0.2) is 13.1 Å². The van der Waals surface area contributed by atoms with Gasteiger partial charge in [0.15, 0.2) is 0 Å². The van der Waals surface area contributed by atoms with Crippen molar-refractivity contribution in [1.29, 1.82) is 0 Å². The maximum atomic E-state index is 13.2. The van der Waals surface area contributed by atoms with E-state index in [0.29, 0.717) is 29.9 Å². The number of rotatable bonds is 7. The van der Waals surface area contributed by atoms with Gasteiger partial charge < -0.3 is 5.32 Å². The molecule has 0 spiro atoms. The Bertz CT molecular complexity index is 1040. The van der Waals surface area contributed by atoms with E-state index < -0.39 is 10.0 Å². The van der Waals surface area contributed by atoms with Crippen LogP contribution in [0.3, 0.4) is 0 Å². The monoisotopic (exact) mass is 452 g/mol. The minimum atomic E-state index is -3.59. The second kappa shape index (κ2) is 8.31. The van der Waals surface area contributed by atoms with Crippen LogP contribution >= 0.6 is 0 Å². The van der Waals surface area contributed by atoms with Crippen LogP contribution in [-0.4, -0.2) is 19.9 Å². The lowest BCUT2D eigenvalue weighted by molar-refractivity contribution is -0.117.